The van der Waals surface area contributed by atoms with E-state index >= 15 is 0 Å². The van der Waals surface area contributed by atoms with Gasteiger partial charge in [-0.3, -0.25) is 10.00 Å². The number of aromatic nitrogens is 2. The number of H-pyrrole nitrogens is 1. The maximum Gasteiger partial charge on any atom is 0.141 e. The van der Waals surface area contributed by atoms with Gasteiger partial charge in [0.25, 0.3) is 0 Å². The van der Waals surface area contributed by atoms with Crippen LogP contribution in [0.1, 0.15) is 56.7 Å². The molecule has 0 aromatic carbocycles. The molecule has 16 heavy (non-hydrogen) atoms. The molecule has 1 unspecified atom stereocenters. The summed E-state index contributed by atoms with van der Waals surface area (Å²) >= 11 is 0. The summed E-state index contributed by atoms with van der Waals surface area (Å²) in [6.07, 6.45) is -0.889. The van der Waals surface area contributed by atoms with Crippen LogP contribution in [0.4, 0.5) is 4.39 Å². The second-order valence-electron chi connectivity index (χ2n) is 4.32. The second-order valence-corrected chi connectivity index (χ2v) is 4.32. The van der Waals surface area contributed by atoms with E-state index in [1.54, 1.807) is 0 Å². The highest BCUT2D eigenvalue weighted by molar-refractivity contribution is 5.32. The van der Waals surface area contributed by atoms with Crippen LogP contribution in [0, 0.1) is 0 Å². The summed E-state index contributed by atoms with van der Waals surface area (Å²) in [7, 11) is 1.92. The van der Waals surface area contributed by atoms with Gasteiger partial charge in [0, 0.05) is 18.7 Å². The van der Waals surface area contributed by atoms with E-state index in [2.05, 4.69) is 10.2 Å². The van der Waals surface area contributed by atoms with E-state index in [0.717, 1.165) is 23.5 Å². The Morgan fingerprint density at radius 3 is 2.62 bits per heavy atom. The lowest BCUT2D eigenvalue weighted by Crippen LogP contribution is -2.28. The van der Waals surface area contributed by atoms with E-state index in [4.69, 9.17) is 0 Å². The molecule has 1 aromatic rings. The van der Waals surface area contributed by atoms with Crippen molar-refractivity contribution in [2.24, 2.45) is 0 Å². The van der Waals surface area contributed by atoms with Crippen LogP contribution in [0.15, 0.2) is 0 Å². The zero-order valence-electron chi connectivity index (χ0n) is 10.8. The molecular weight excluding hydrogens is 205 g/mol. The first-order chi connectivity index (χ1) is 7.59. The van der Waals surface area contributed by atoms with Gasteiger partial charge in [-0.15, -0.1) is 0 Å². The number of halogens is 1. The molecular formula is C12H22FN3. The number of alkyl halides is 1. The number of hydrogen-bond acceptors (Lipinski definition) is 2. The first kappa shape index (κ1) is 13.2. The molecule has 2 heterocycles. The molecule has 92 valence electrons. The van der Waals surface area contributed by atoms with Crippen molar-refractivity contribution in [2.45, 2.75) is 46.3 Å². The first-order valence-electron chi connectivity index (χ1n) is 5.99. The fourth-order valence-corrected chi connectivity index (χ4v) is 2.01. The molecule has 0 saturated carbocycles. The normalized spacial score (nSPS) is 20.3. The zero-order chi connectivity index (χ0) is 12.3. The summed E-state index contributed by atoms with van der Waals surface area (Å²) in [5.41, 5.74) is 2.63. The van der Waals surface area contributed by atoms with E-state index in [1.807, 2.05) is 39.6 Å². The smallest absolute Gasteiger partial charge is 0.141 e. The molecule has 3 nitrogen and oxygen atoms in total. The fourth-order valence-electron chi connectivity index (χ4n) is 2.01. The van der Waals surface area contributed by atoms with Crippen molar-refractivity contribution >= 4 is 0 Å². The number of hydrogen-bond donors (Lipinski definition) is 1. The predicted octanol–water partition coefficient (Wildman–Crippen LogP) is 3.02. The van der Waals surface area contributed by atoms with Gasteiger partial charge in [-0.2, -0.15) is 5.10 Å². The molecule has 2 rings (SSSR count). The molecule has 0 saturated heterocycles. The Kier molecular flexibility index (Phi) is 4.47. The molecule has 1 atom stereocenters. The van der Waals surface area contributed by atoms with E-state index < -0.39 is 6.17 Å². The number of nitrogens with one attached hydrogen (secondary N) is 1. The fraction of sp³-hybridized carbons (Fsp3) is 0.750. The average molecular weight is 227 g/mol. The van der Waals surface area contributed by atoms with Gasteiger partial charge in [-0.1, -0.05) is 27.7 Å². The Morgan fingerprint density at radius 2 is 2.06 bits per heavy atom. The summed E-state index contributed by atoms with van der Waals surface area (Å²) in [5, 5.41) is 7.13. The molecule has 0 bridgehead atoms. The summed E-state index contributed by atoms with van der Waals surface area (Å²) in [5.74, 6) is 0.289. The number of fused-ring (bicyclic) bond motifs is 1. The highest BCUT2D eigenvalue weighted by Gasteiger charge is 2.29. The van der Waals surface area contributed by atoms with E-state index in [1.165, 1.54) is 0 Å². The molecule has 0 spiro atoms. The van der Waals surface area contributed by atoms with Crippen molar-refractivity contribution < 1.29 is 4.39 Å². The number of likely N-dealkylation sites (N-methyl/N-ethyl adjacent to an activating group) is 1. The molecule has 4 heteroatoms. The van der Waals surface area contributed by atoms with Crippen molar-refractivity contribution in [3.05, 3.63) is 17.0 Å². The van der Waals surface area contributed by atoms with Crippen molar-refractivity contribution in [3.8, 4) is 0 Å². The highest BCUT2D eigenvalue weighted by atomic mass is 19.1. The van der Waals surface area contributed by atoms with Crippen molar-refractivity contribution in [3.63, 3.8) is 0 Å². The lowest BCUT2D eigenvalue weighted by Gasteiger charge is -2.25. The molecule has 0 fully saturated rings. The highest BCUT2D eigenvalue weighted by Crippen LogP contribution is 2.32. The minimum atomic E-state index is -0.889. The second kappa shape index (κ2) is 5.43. The molecule has 0 amide bonds. The Balaban J connectivity index is 0.000000606. The van der Waals surface area contributed by atoms with Crippen LogP contribution >= 0.6 is 0 Å². The van der Waals surface area contributed by atoms with Gasteiger partial charge >= 0.3 is 0 Å². The van der Waals surface area contributed by atoms with Gasteiger partial charge in [0.05, 0.1) is 11.4 Å². The molecule has 1 aliphatic heterocycles. The van der Waals surface area contributed by atoms with Crippen LogP contribution in [-0.2, 0) is 6.54 Å². The number of nitrogens with zero attached hydrogens (tertiary/aromatic N) is 2. The van der Waals surface area contributed by atoms with Crippen molar-refractivity contribution in [1.82, 2.24) is 15.1 Å². The maximum absolute atomic E-state index is 13.8. The van der Waals surface area contributed by atoms with Crippen LogP contribution < -0.4 is 0 Å². The lowest BCUT2D eigenvalue weighted by molar-refractivity contribution is 0.192. The SMILES string of the molecule is CC.CC(C)c1n[nH]c2c1C(F)CN(C)C2. The summed E-state index contributed by atoms with van der Waals surface area (Å²) in [4.78, 5) is 1.97. The first-order valence-corrected chi connectivity index (χ1v) is 5.99. The largest absolute Gasteiger partial charge is 0.297 e. The molecule has 0 aliphatic carbocycles. The third-order valence-electron chi connectivity index (χ3n) is 2.67. The topological polar surface area (TPSA) is 31.9 Å². The van der Waals surface area contributed by atoms with Crippen LogP contribution in [0.2, 0.25) is 0 Å². The summed E-state index contributed by atoms with van der Waals surface area (Å²) in [6, 6.07) is 0. The number of aromatic amines is 1. The van der Waals surface area contributed by atoms with Crippen LogP contribution in [0.25, 0.3) is 0 Å². The van der Waals surface area contributed by atoms with Gasteiger partial charge in [-0.05, 0) is 13.0 Å². The van der Waals surface area contributed by atoms with Crippen molar-refractivity contribution in [1.29, 1.82) is 0 Å². The third kappa shape index (κ3) is 2.43. The van der Waals surface area contributed by atoms with Crippen LogP contribution in [0.5, 0.6) is 0 Å². The third-order valence-corrected chi connectivity index (χ3v) is 2.67. The van der Waals surface area contributed by atoms with Crippen LogP contribution in [0.3, 0.4) is 0 Å². The van der Waals surface area contributed by atoms with Crippen LogP contribution in [-0.4, -0.2) is 28.7 Å². The van der Waals surface area contributed by atoms with Gasteiger partial charge in [0.1, 0.15) is 6.17 Å². The molecule has 0 radical (unpaired) electrons. The Bertz CT molecular complexity index is 333. The Hall–Kier alpha value is -0.900. The molecule has 1 N–H and O–H groups in total. The van der Waals surface area contributed by atoms with E-state index in [0.29, 0.717) is 6.54 Å². The summed E-state index contributed by atoms with van der Waals surface area (Å²) in [6.45, 7) is 9.34. The van der Waals surface area contributed by atoms with Crippen molar-refractivity contribution in [2.75, 3.05) is 13.6 Å². The van der Waals surface area contributed by atoms with E-state index in [-0.39, 0.29) is 5.92 Å². The molecule has 1 aromatic heterocycles. The quantitative estimate of drug-likeness (QED) is 0.799. The Morgan fingerprint density at radius 1 is 1.44 bits per heavy atom. The predicted molar refractivity (Wildman–Crippen MR) is 64.2 cm³/mol. The van der Waals surface area contributed by atoms with Gasteiger partial charge in [0.15, 0.2) is 0 Å². The van der Waals surface area contributed by atoms with Gasteiger partial charge in [0.2, 0.25) is 0 Å². The average Bonchev–Trinajstić information content (AvgIpc) is 2.64. The van der Waals surface area contributed by atoms with Gasteiger partial charge < -0.3 is 0 Å². The van der Waals surface area contributed by atoms with Gasteiger partial charge in [-0.25, -0.2) is 4.39 Å². The maximum atomic E-state index is 13.8. The minimum absolute atomic E-state index is 0.289. The summed E-state index contributed by atoms with van der Waals surface area (Å²) < 4.78 is 13.8. The monoisotopic (exact) mass is 227 g/mol. The standard InChI is InChI=1S/C10H16FN3.C2H6/c1-6(2)10-9-7(11)4-14(3)5-8(9)12-13-10;1-2/h6-7H,4-5H2,1-3H3,(H,12,13);1-2H3. The Labute approximate surface area is 97.0 Å². The van der Waals surface area contributed by atoms with E-state index in [9.17, 15) is 4.39 Å². The lowest BCUT2D eigenvalue weighted by atomic mass is 9.97. The number of rotatable bonds is 1. The zero-order valence-corrected chi connectivity index (χ0v) is 10.8. The molecule has 1 aliphatic rings. The minimum Gasteiger partial charge on any atom is -0.297 e.